The van der Waals surface area contributed by atoms with E-state index in [1.807, 2.05) is 45.9 Å². The first-order valence-electron chi connectivity index (χ1n) is 7.83. The van der Waals surface area contributed by atoms with E-state index >= 15 is 0 Å². The zero-order valence-electron chi connectivity index (χ0n) is 14.1. The molecule has 1 aromatic carbocycles. The fourth-order valence-electron chi connectivity index (χ4n) is 2.01. The highest BCUT2D eigenvalue weighted by molar-refractivity contribution is 7.99. The standard InChI is InChI=1S/C17H24N2O3S/c1-5-17(20,6-2)11-23-16-19-18-15(22-16)10-21-14-9-12(3)7-8-13(14)4/h7-9,20H,5-6,10-11H2,1-4H3. The van der Waals surface area contributed by atoms with Gasteiger partial charge >= 0.3 is 0 Å². The Kier molecular flexibility index (Phi) is 6.07. The van der Waals surface area contributed by atoms with Gasteiger partial charge in [-0.25, -0.2) is 0 Å². The molecule has 0 atom stereocenters. The molecule has 0 amide bonds. The normalized spacial score (nSPS) is 11.7. The Bertz CT molecular complexity index is 639. The summed E-state index contributed by atoms with van der Waals surface area (Å²) in [7, 11) is 0. The molecule has 1 N–H and O–H groups in total. The zero-order valence-corrected chi connectivity index (χ0v) is 14.9. The van der Waals surface area contributed by atoms with E-state index in [1.54, 1.807) is 0 Å². The quantitative estimate of drug-likeness (QED) is 0.737. The molecule has 23 heavy (non-hydrogen) atoms. The molecule has 6 heteroatoms. The second-order valence-electron chi connectivity index (χ2n) is 5.74. The molecule has 0 fully saturated rings. The summed E-state index contributed by atoms with van der Waals surface area (Å²) in [5.41, 5.74) is 1.53. The molecule has 0 aliphatic carbocycles. The fraction of sp³-hybridized carbons (Fsp3) is 0.529. The van der Waals surface area contributed by atoms with E-state index in [-0.39, 0.29) is 6.61 Å². The van der Waals surface area contributed by atoms with Crippen molar-refractivity contribution in [2.45, 2.75) is 58.0 Å². The van der Waals surface area contributed by atoms with E-state index in [0.29, 0.717) is 29.7 Å². The number of aliphatic hydroxyl groups is 1. The predicted molar refractivity (Wildman–Crippen MR) is 90.8 cm³/mol. The van der Waals surface area contributed by atoms with Crippen LogP contribution in [0.3, 0.4) is 0 Å². The van der Waals surface area contributed by atoms with E-state index in [9.17, 15) is 5.11 Å². The lowest BCUT2D eigenvalue weighted by atomic mass is 10.0. The third-order valence-corrected chi connectivity index (χ3v) is 5.02. The molecule has 0 unspecified atom stereocenters. The number of ether oxygens (including phenoxy) is 1. The summed E-state index contributed by atoms with van der Waals surface area (Å²) in [5, 5.41) is 18.7. The molecule has 0 radical (unpaired) electrons. The van der Waals surface area contributed by atoms with Gasteiger partial charge < -0.3 is 14.3 Å². The lowest BCUT2D eigenvalue weighted by Crippen LogP contribution is -2.29. The van der Waals surface area contributed by atoms with Crippen molar-refractivity contribution in [3.05, 3.63) is 35.2 Å². The summed E-state index contributed by atoms with van der Waals surface area (Å²) in [6.45, 7) is 8.21. The molecule has 0 saturated heterocycles. The van der Waals surface area contributed by atoms with Crippen molar-refractivity contribution >= 4 is 11.8 Å². The maximum Gasteiger partial charge on any atom is 0.276 e. The van der Waals surface area contributed by atoms with Crippen LogP contribution in [0.15, 0.2) is 27.8 Å². The molecule has 0 spiro atoms. The number of rotatable bonds is 8. The molecule has 1 heterocycles. The number of aromatic nitrogens is 2. The third kappa shape index (κ3) is 4.97. The minimum absolute atomic E-state index is 0.240. The van der Waals surface area contributed by atoms with Gasteiger partial charge in [0.05, 0.1) is 5.60 Å². The van der Waals surface area contributed by atoms with Crippen LogP contribution in [-0.4, -0.2) is 26.7 Å². The van der Waals surface area contributed by atoms with Gasteiger partial charge in [-0.3, -0.25) is 0 Å². The highest BCUT2D eigenvalue weighted by Crippen LogP contribution is 2.26. The van der Waals surface area contributed by atoms with Crippen LogP contribution in [0, 0.1) is 13.8 Å². The molecule has 0 aliphatic rings. The van der Waals surface area contributed by atoms with Gasteiger partial charge in [-0.1, -0.05) is 37.7 Å². The average Bonchev–Trinajstić information content (AvgIpc) is 3.01. The van der Waals surface area contributed by atoms with Crippen molar-refractivity contribution in [1.82, 2.24) is 10.2 Å². The van der Waals surface area contributed by atoms with Crippen LogP contribution in [0.1, 0.15) is 43.7 Å². The van der Waals surface area contributed by atoms with Crippen molar-refractivity contribution in [2.24, 2.45) is 0 Å². The molecular weight excluding hydrogens is 312 g/mol. The number of aryl methyl sites for hydroxylation is 2. The summed E-state index contributed by atoms with van der Waals surface area (Å²) in [6.07, 6.45) is 1.40. The predicted octanol–water partition coefficient (Wildman–Crippen LogP) is 3.91. The van der Waals surface area contributed by atoms with Gasteiger partial charge in [0.1, 0.15) is 5.75 Å². The monoisotopic (exact) mass is 336 g/mol. The van der Waals surface area contributed by atoms with Gasteiger partial charge in [0, 0.05) is 5.75 Å². The Morgan fingerprint density at radius 2 is 1.96 bits per heavy atom. The molecule has 0 bridgehead atoms. The van der Waals surface area contributed by atoms with E-state index in [4.69, 9.17) is 9.15 Å². The lowest BCUT2D eigenvalue weighted by Gasteiger charge is -2.23. The first-order chi connectivity index (χ1) is 11.0. The Labute approximate surface area is 141 Å². The number of nitrogens with zero attached hydrogens (tertiary/aromatic N) is 2. The summed E-state index contributed by atoms with van der Waals surface area (Å²) in [5.74, 6) is 1.80. The summed E-state index contributed by atoms with van der Waals surface area (Å²) in [6, 6.07) is 6.06. The number of benzene rings is 1. The minimum Gasteiger partial charge on any atom is -0.484 e. The van der Waals surface area contributed by atoms with Crippen LogP contribution in [-0.2, 0) is 6.61 Å². The molecular formula is C17H24N2O3S. The summed E-state index contributed by atoms with van der Waals surface area (Å²) >= 11 is 1.38. The van der Waals surface area contributed by atoms with E-state index in [0.717, 1.165) is 16.9 Å². The second-order valence-corrected chi connectivity index (χ2v) is 6.67. The Morgan fingerprint density at radius 1 is 1.22 bits per heavy atom. The van der Waals surface area contributed by atoms with Gasteiger partial charge in [0.2, 0.25) is 0 Å². The van der Waals surface area contributed by atoms with Crippen molar-refractivity contribution < 1.29 is 14.3 Å². The van der Waals surface area contributed by atoms with E-state index < -0.39 is 5.60 Å². The molecule has 5 nitrogen and oxygen atoms in total. The van der Waals surface area contributed by atoms with Crippen LogP contribution < -0.4 is 4.74 Å². The average molecular weight is 336 g/mol. The molecule has 126 valence electrons. The number of hydrogen-bond donors (Lipinski definition) is 1. The third-order valence-electron chi connectivity index (χ3n) is 3.92. The Morgan fingerprint density at radius 3 is 2.65 bits per heavy atom. The summed E-state index contributed by atoms with van der Waals surface area (Å²) in [4.78, 5) is 0. The van der Waals surface area contributed by atoms with Crippen LogP contribution in [0.4, 0.5) is 0 Å². The highest BCUT2D eigenvalue weighted by atomic mass is 32.2. The van der Waals surface area contributed by atoms with Crippen molar-refractivity contribution in [3.63, 3.8) is 0 Å². The molecule has 1 aromatic heterocycles. The molecule has 0 aliphatic heterocycles. The van der Waals surface area contributed by atoms with Crippen molar-refractivity contribution in [3.8, 4) is 5.75 Å². The second kappa shape index (κ2) is 7.84. The fourth-order valence-corrected chi connectivity index (χ4v) is 3.06. The van der Waals surface area contributed by atoms with Crippen LogP contribution in [0.5, 0.6) is 5.75 Å². The van der Waals surface area contributed by atoms with Gasteiger partial charge in [0.15, 0.2) is 6.61 Å². The topological polar surface area (TPSA) is 68.4 Å². The van der Waals surface area contributed by atoms with Gasteiger partial charge in [0.25, 0.3) is 11.1 Å². The molecule has 0 saturated carbocycles. The van der Waals surface area contributed by atoms with Crippen molar-refractivity contribution in [2.75, 3.05) is 5.75 Å². The smallest absolute Gasteiger partial charge is 0.276 e. The number of thioether (sulfide) groups is 1. The summed E-state index contributed by atoms with van der Waals surface area (Å²) < 4.78 is 11.3. The van der Waals surface area contributed by atoms with Crippen LogP contribution >= 0.6 is 11.8 Å². The van der Waals surface area contributed by atoms with Crippen LogP contribution in [0.25, 0.3) is 0 Å². The SMILES string of the molecule is CCC(O)(CC)CSc1nnc(COc2cc(C)ccc2C)o1. The van der Waals surface area contributed by atoms with Crippen molar-refractivity contribution in [1.29, 1.82) is 0 Å². The zero-order chi connectivity index (χ0) is 16.9. The van der Waals surface area contributed by atoms with Gasteiger partial charge in [-0.2, -0.15) is 0 Å². The van der Waals surface area contributed by atoms with E-state index in [1.165, 1.54) is 11.8 Å². The largest absolute Gasteiger partial charge is 0.484 e. The van der Waals surface area contributed by atoms with Crippen LogP contribution in [0.2, 0.25) is 0 Å². The number of hydrogen-bond acceptors (Lipinski definition) is 6. The first kappa shape index (κ1) is 17.8. The van der Waals surface area contributed by atoms with Gasteiger partial charge in [-0.15, -0.1) is 10.2 Å². The van der Waals surface area contributed by atoms with E-state index in [2.05, 4.69) is 10.2 Å². The molecule has 2 aromatic rings. The lowest BCUT2D eigenvalue weighted by molar-refractivity contribution is 0.0569. The Hall–Kier alpha value is -1.53. The maximum absolute atomic E-state index is 10.3. The Balaban J connectivity index is 1.91. The van der Waals surface area contributed by atoms with Gasteiger partial charge in [-0.05, 0) is 43.9 Å². The molecule has 2 rings (SSSR count). The first-order valence-corrected chi connectivity index (χ1v) is 8.82. The maximum atomic E-state index is 10.3. The minimum atomic E-state index is -0.686. The highest BCUT2D eigenvalue weighted by Gasteiger charge is 2.23.